The molecule has 0 saturated heterocycles. The van der Waals surface area contributed by atoms with E-state index in [1.54, 1.807) is 6.07 Å². The molecule has 0 aliphatic rings. The third-order valence-corrected chi connectivity index (χ3v) is 1.92. The number of nitrogens with zero attached hydrogens (tertiary/aromatic N) is 1. The molecule has 0 bridgehead atoms. The van der Waals surface area contributed by atoms with Gasteiger partial charge in [0.25, 0.3) is 0 Å². The van der Waals surface area contributed by atoms with E-state index in [1.165, 1.54) is 12.3 Å². The predicted octanol–water partition coefficient (Wildman–Crippen LogP) is 0.801. The molecule has 0 fully saturated rings. The van der Waals surface area contributed by atoms with E-state index < -0.39 is 5.97 Å². The number of pyridine rings is 1. The number of aromatic carboxylic acids is 1. The van der Waals surface area contributed by atoms with E-state index in [4.69, 9.17) is 5.11 Å². The summed E-state index contributed by atoms with van der Waals surface area (Å²) in [5.41, 5.74) is 0.204. The normalized spacial score (nSPS) is 9.93. The number of hydrogen-bond donors (Lipinski definition) is 3. The lowest BCUT2D eigenvalue weighted by atomic mass is 10.3. The van der Waals surface area contributed by atoms with Crippen molar-refractivity contribution >= 4 is 11.8 Å². The highest BCUT2D eigenvalue weighted by molar-refractivity contribution is 5.87. The number of hydrogen-bond acceptors (Lipinski definition) is 4. The SMILES string of the molecule is CNCCCNc1ccc(C(=O)O)cn1. The van der Waals surface area contributed by atoms with Crippen molar-refractivity contribution in [2.75, 3.05) is 25.5 Å². The highest BCUT2D eigenvalue weighted by atomic mass is 16.4. The minimum absolute atomic E-state index is 0.204. The number of aromatic nitrogens is 1. The van der Waals surface area contributed by atoms with Crippen molar-refractivity contribution in [3.63, 3.8) is 0 Å². The summed E-state index contributed by atoms with van der Waals surface area (Å²) in [5.74, 6) is -0.250. The number of nitrogens with one attached hydrogen (secondary N) is 2. The Morgan fingerprint density at radius 3 is 2.80 bits per heavy atom. The van der Waals surface area contributed by atoms with Crippen molar-refractivity contribution in [2.45, 2.75) is 6.42 Å². The van der Waals surface area contributed by atoms with Gasteiger partial charge in [0.1, 0.15) is 5.82 Å². The molecule has 5 nitrogen and oxygen atoms in total. The average Bonchev–Trinajstić information content (AvgIpc) is 2.25. The topological polar surface area (TPSA) is 74.2 Å². The Morgan fingerprint density at radius 2 is 2.27 bits per heavy atom. The third-order valence-electron chi connectivity index (χ3n) is 1.92. The van der Waals surface area contributed by atoms with Crippen molar-refractivity contribution in [2.24, 2.45) is 0 Å². The summed E-state index contributed by atoms with van der Waals surface area (Å²) in [6.45, 7) is 1.76. The molecule has 1 aromatic rings. The lowest BCUT2D eigenvalue weighted by molar-refractivity contribution is 0.0696. The Morgan fingerprint density at radius 1 is 1.47 bits per heavy atom. The lowest BCUT2D eigenvalue weighted by Gasteiger charge is -2.04. The Bertz CT molecular complexity index is 311. The van der Waals surface area contributed by atoms with E-state index >= 15 is 0 Å². The summed E-state index contributed by atoms with van der Waals surface area (Å²) >= 11 is 0. The van der Waals surface area contributed by atoms with Crippen molar-refractivity contribution in [3.8, 4) is 0 Å². The van der Waals surface area contributed by atoms with Crippen LogP contribution in [0.2, 0.25) is 0 Å². The van der Waals surface area contributed by atoms with Gasteiger partial charge in [0.15, 0.2) is 0 Å². The van der Waals surface area contributed by atoms with Crippen molar-refractivity contribution in [1.82, 2.24) is 10.3 Å². The Balaban J connectivity index is 2.39. The standard InChI is InChI=1S/C10H15N3O2/c1-11-5-2-6-12-9-4-3-8(7-13-9)10(14)15/h3-4,7,11H,2,5-6H2,1H3,(H,12,13)(H,14,15). The van der Waals surface area contributed by atoms with Gasteiger partial charge in [-0.3, -0.25) is 0 Å². The summed E-state index contributed by atoms with van der Waals surface area (Å²) in [5, 5.41) is 14.8. The zero-order valence-electron chi connectivity index (χ0n) is 8.66. The van der Waals surface area contributed by atoms with Gasteiger partial charge in [0, 0.05) is 12.7 Å². The van der Waals surface area contributed by atoms with Gasteiger partial charge >= 0.3 is 5.97 Å². The number of carbonyl (C=O) groups is 1. The zero-order valence-corrected chi connectivity index (χ0v) is 8.66. The maximum Gasteiger partial charge on any atom is 0.337 e. The molecule has 0 saturated carbocycles. The van der Waals surface area contributed by atoms with Crippen molar-refractivity contribution in [1.29, 1.82) is 0 Å². The highest BCUT2D eigenvalue weighted by Crippen LogP contribution is 2.04. The highest BCUT2D eigenvalue weighted by Gasteiger charge is 2.01. The molecule has 0 atom stereocenters. The van der Waals surface area contributed by atoms with Gasteiger partial charge < -0.3 is 15.7 Å². The molecule has 0 radical (unpaired) electrons. The fraction of sp³-hybridized carbons (Fsp3) is 0.400. The van der Waals surface area contributed by atoms with E-state index in [0.29, 0.717) is 5.82 Å². The van der Waals surface area contributed by atoms with Crippen LogP contribution in [0.5, 0.6) is 0 Å². The van der Waals surface area contributed by atoms with Crippen molar-refractivity contribution < 1.29 is 9.90 Å². The predicted molar refractivity (Wildman–Crippen MR) is 58.2 cm³/mol. The van der Waals surface area contributed by atoms with Gasteiger partial charge in [-0.2, -0.15) is 0 Å². The maximum absolute atomic E-state index is 10.5. The summed E-state index contributed by atoms with van der Waals surface area (Å²) < 4.78 is 0. The third kappa shape index (κ3) is 3.95. The van der Waals surface area contributed by atoms with Crippen LogP contribution in [0.25, 0.3) is 0 Å². The Hall–Kier alpha value is -1.62. The van der Waals surface area contributed by atoms with Crippen LogP contribution in [-0.2, 0) is 0 Å². The molecule has 5 heteroatoms. The molecule has 0 aromatic carbocycles. The number of rotatable bonds is 6. The first kappa shape index (κ1) is 11.5. The summed E-state index contributed by atoms with van der Waals surface area (Å²) in [4.78, 5) is 14.5. The fourth-order valence-corrected chi connectivity index (χ4v) is 1.11. The second-order valence-corrected chi connectivity index (χ2v) is 3.12. The molecule has 0 amide bonds. The van der Waals surface area contributed by atoms with Crippen LogP contribution in [0, 0.1) is 0 Å². The monoisotopic (exact) mass is 209 g/mol. The van der Waals surface area contributed by atoms with E-state index in [0.717, 1.165) is 19.5 Å². The summed E-state index contributed by atoms with van der Waals surface area (Å²) in [6.07, 6.45) is 2.35. The first-order chi connectivity index (χ1) is 7.24. The van der Waals surface area contributed by atoms with Crippen LogP contribution in [0.15, 0.2) is 18.3 Å². The smallest absolute Gasteiger partial charge is 0.337 e. The number of carboxylic acids is 1. The van der Waals surface area contributed by atoms with Gasteiger partial charge in [-0.25, -0.2) is 9.78 Å². The molecule has 0 aliphatic carbocycles. The summed E-state index contributed by atoms with van der Waals surface area (Å²) in [7, 11) is 1.90. The minimum Gasteiger partial charge on any atom is -0.478 e. The lowest BCUT2D eigenvalue weighted by Crippen LogP contribution is -2.13. The van der Waals surface area contributed by atoms with E-state index in [1.807, 2.05) is 7.05 Å². The zero-order chi connectivity index (χ0) is 11.1. The quantitative estimate of drug-likeness (QED) is 0.604. The maximum atomic E-state index is 10.5. The summed E-state index contributed by atoms with van der Waals surface area (Å²) in [6, 6.07) is 3.21. The number of carboxylic acid groups (broad SMARTS) is 1. The van der Waals surface area contributed by atoms with E-state index in [-0.39, 0.29) is 5.56 Å². The minimum atomic E-state index is -0.954. The first-order valence-electron chi connectivity index (χ1n) is 4.82. The molecule has 0 unspecified atom stereocenters. The molecular weight excluding hydrogens is 194 g/mol. The van der Waals surface area contributed by atoms with E-state index in [2.05, 4.69) is 15.6 Å². The van der Waals surface area contributed by atoms with Crippen LogP contribution in [0.4, 0.5) is 5.82 Å². The second-order valence-electron chi connectivity index (χ2n) is 3.12. The van der Waals surface area contributed by atoms with Gasteiger partial charge in [-0.15, -0.1) is 0 Å². The molecule has 1 rings (SSSR count). The van der Waals surface area contributed by atoms with Crippen LogP contribution in [0.3, 0.4) is 0 Å². The van der Waals surface area contributed by atoms with Gasteiger partial charge in [0.05, 0.1) is 5.56 Å². The van der Waals surface area contributed by atoms with Crippen LogP contribution in [-0.4, -0.2) is 36.2 Å². The van der Waals surface area contributed by atoms with Crippen LogP contribution >= 0.6 is 0 Å². The van der Waals surface area contributed by atoms with Crippen molar-refractivity contribution in [3.05, 3.63) is 23.9 Å². The Labute approximate surface area is 88.5 Å². The molecule has 82 valence electrons. The molecule has 3 N–H and O–H groups in total. The van der Waals surface area contributed by atoms with Crippen LogP contribution in [0.1, 0.15) is 16.8 Å². The van der Waals surface area contributed by atoms with Gasteiger partial charge in [0.2, 0.25) is 0 Å². The number of anilines is 1. The van der Waals surface area contributed by atoms with Crippen LogP contribution < -0.4 is 10.6 Å². The molecule has 1 aromatic heterocycles. The van der Waals surface area contributed by atoms with Gasteiger partial charge in [-0.05, 0) is 32.1 Å². The Kier molecular flexibility index (Phi) is 4.56. The second kappa shape index (κ2) is 5.98. The first-order valence-corrected chi connectivity index (χ1v) is 4.82. The molecule has 0 aliphatic heterocycles. The largest absolute Gasteiger partial charge is 0.478 e. The average molecular weight is 209 g/mol. The molecular formula is C10H15N3O2. The molecule has 15 heavy (non-hydrogen) atoms. The molecule has 1 heterocycles. The van der Waals surface area contributed by atoms with Gasteiger partial charge in [-0.1, -0.05) is 0 Å². The van der Waals surface area contributed by atoms with E-state index in [9.17, 15) is 4.79 Å². The molecule has 0 spiro atoms. The fourth-order valence-electron chi connectivity index (χ4n) is 1.11.